The molecule has 4 aromatic rings. The van der Waals surface area contributed by atoms with Gasteiger partial charge in [0.1, 0.15) is 0 Å². The standard InChI is InChI=1S/C24H23Cl2N5O3/c25-16-8-7-15(13-17(16)26)14-27-22(33)20-21(32)23(34)31-19-6-2-1-5-18(19)30(24(31)28-20)12-11-29-9-3-4-10-29/h1-2,5-8,13,32H,3-4,9-12,14H2,(H,27,33). The van der Waals surface area contributed by atoms with Gasteiger partial charge in [0.05, 0.1) is 21.1 Å². The number of amides is 1. The fourth-order valence-corrected chi connectivity index (χ4v) is 4.75. The molecule has 1 saturated heterocycles. The molecule has 0 spiro atoms. The zero-order chi connectivity index (χ0) is 23.8. The van der Waals surface area contributed by atoms with Crippen molar-refractivity contribution in [1.29, 1.82) is 0 Å². The van der Waals surface area contributed by atoms with Crippen LogP contribution in [0.3, 0.4) is 0 Å². The lowest BCUT2D eigenvalue weighted by atomic mass is 10.2. The normalized spacial score (nSPS) is 14.3. The van der Waals surface area contributed by atoms with Crippen molar-refractivity contribution in [2.24, 2.45) is 0 Å². The van der Waals surface area contributed by atoms with Crippen LogP contribution in [0.15, 0.2) is 47.3 Å². The third-order valence-electron chi connectivity index (χ3n) is 6.19. The van der Waals surface area contributed by atoms with Crippen molar-refractivity contribution in [2.45, 2.75) is 25.9 Å². The second-order valence-electron chi connectivity index (χ2n) is 8.37. The Balaban J connectivity index is 1.52. The van der Waals surface area contributed by atoms with Gasteiger partial charge < -0.3 is 19.9 Å². The van der Waals surface area contributed by atoms with Crippen LogP contribution in [0.5, 0.6) is 5.75 Å². The molecule has 0 radical (unpaired) electrons. The maximum atomic E-state index is 13.1. The summed E-state index contributed by atoms with van der Waals surface area (Å²) in [6.45, 7) is 3.65. The molecule has 1 fully saturated rings. The molecule has 0 saturated carbocycles. The zero-order valence-electron chi connectivity index (χ0n) is 18.3. The van der Waals surface area contributed by atoms with Crippen molar-refractivity contribution in [3.8, 4) is 5.75 Å². The first kappa shape index (κ1) is 22.7. The molecule has 0 unspecified atom stereocenters. The second-order valence-corrected chi connectivity index (χ2v) is 9.18. The largest absolute Gasteiger partial charge is 0.501 e. The topological polar surface area (TPSA) is 91.9 Å². The molecule has 1 amide bonds. The molecule has 2 N–H and O–H groups in total. The molecule has 5 rings (SSSR count). The van der Waals surface area contributed by atoms with E-state index >= 15 is 0 Å². The first-order valence-electron chi connectivity index (χ1n) is 11.1. The van der Waals surface area contributed by atoms with E-state index < -0.39 is 17.2 Å². The highest BCUT2D eigenvalue weighted by Crippen LogP contribution is 2.24. The van der Waals surface area contributed by atoms with Crippen molar-refractivity contribution in [2.75, 3.05) is 19.6 Å². The predicted molar refractivity (Wildman–Crippen MR) is 132 cm³/mol. The Bertz CT molecular complexity index is 1460. The summed E-state index contributed by atoms with van der Waals surface area (Å²) < 4.78 is 3.30. The van der Waals surface area contributed by atoms with Crippen LogP contribution in [-0.2, 0) is 13.1 Å². The number of likely N-dealkylation sites (tertiary alicyclic amines) is 1. The molecule has 2 aromatic carbocycles. The molecule has 10 heteroatoms. The molecule has 0 atom stereocenters. The minimum atomic E-state index is -0.688. The van der Waals surface area contributed by atoms with Crippen LogP contribution in [0.25, 0.3) is 16.8 Å². The van der Waals surface area contributed by atoms with Gasteiger partial charge >= 0.3 is 5.56 Å². The van der Waals surface area contributed by atoms with Crippen LogP contribution in [-0.4, -0.2) is 49.5 Å². The minimum absolute atomic E-state index is 0.133. The van der Waals surface area contributed by atoms with Gasteiger partial charge in [0.15, 0.2) is 5.69 Å². The highest BCUT2D eigenvalue weighted by molar-refractivity contribution is 6.42. The number of nitrogens with zero attached hydrogens (tertiary/aromatic N) is 4. The zero-order valence-corrected chi connectivity index (χ0v) is 19.8. The van der Waals surface area contributed by atoms with Crippen LogP contribution in [0, 0.1) is 0 Å². The molecule has 1 aliphatic rings. The van der Waals surface area contributed by atoms with E-state index in [2.05, 4.69) is 15.2 Å². The number of hydrogen-bond acceptors (Lipinski definition) is 5. The Morgan fingerprint density at radius 2 is 1.76 bits per heavy atom. The van der Waals surface area contributed by atoms with E-state index in [0.717, 1.165) is 30.7 Å². The Labute approximate surface area is 205 Å². The predicted octanol–water partition coefficient (Wildman–Crippen LogP) is 3.69. The highest BCUT2D eigenvalue weighted by Gasteiger charge is 2.23. The van der Waals surface area contributed by atoms with Crippen LogP contribution in [0.4, 0.5) is 0 Å². The number of benzene rings is 2. The van der Waals surface area contributed by atoms with Crippen LogP contribution in [0.1, 0.15) is 28.9 Å². The average molecular weight is 500 g/mol. The third-order valence-corrected chi connectivity index (χ3v) is 6.93. The van der Waals surface area contributed by atoms with Crippen molar-refractivity contribution in [3.05, 3.63) is 74.1 Å². The molecule has 2 aromatic heterocycles. The van der Waals surface area contributed by atoms with Crippen molar-refractivity contribution < 1.29 is 9.90 Å². The van der Waals surface area contributed by atoms with Gasteiger partial charge in [-0.05, 0) is 55.8 Å². The molecule has 176 valence electrons. The summed E-state index contributed by atoms with van der Waals surface area (Å²) in [5.74, 6) is -1.02. The number of carbonyl (C=O) groups excluding carboxylic acids is 1. The van der Waals surface area contributed by atoms with Gasteiger partial charge in [-0.25, -0.2) is 9.38 Å². The number of halogens is 2. The smallest absolute Gasteiger partial charge is 0.302 e. The average Bonchev–Trinajstić information content (AvgIpc) is 3.46. The fraction of sp³-hybridized carbons (Fsp3) is 0.292. The molecule has 34 heavy (non-hydrogen) atoms. The molecule has 0 aliphatic carbocycles. The molecule has 8 nitrogen and oxygen atoms in total. The number of nitrogens with one attached hydrogen (secondary N) is 1. The maximum absolute atomic E-state index is 13.1. The van der Waals surface area contributed by atoms with Gasteiger partial charge in [-0.1, -0.05) is 41.4 Å². The lowest BCUT2D eigenvalue weighted by molar-refractivity contribution is 0.0942. The number of carbonyl (C=O) groups is 1. The third kappa shape index (κ3) is 4.13. The number of aromatic hydroxyl groups is 1. The summed E-state index contributed by atoms with van der Waals surface area (Å²) in [7, 11) is 0. The van der Waals surface area contributed by atoms with Gasteiger partial charge in [0.25, 0.3) is 5.91 Å². The summed E-state index contributed by atoms with van der Waals surface area (Å²) in [6.07, 6.45) is 2.36. The number of hydrogen-bond donors (Lipinski definition) is 2. The number of aromatic nitrogens is 3. The monoisotopic (exact) mass is 499 g/mol. The minimum Gasteiger partial charge on any atom is -0.501 e. The SMILES string of the molecule is O=C(NCc1ccc(Cl)c(Cl)c1)c1nc2n(CCN3CCCC3)c3ccccc3n2c(=O)c1O. The number of fused-ring (bicyclic) bond motifs is 3. The number of imidazole rings is 1. The molecule has 0 bridgehead atoms. The van der Waals surface area contributed by atoms with Crippen LogP contribution < -0.4 is 10.9 Å². The Morgan fingerprint density at radius 3 is 2.50 bits per heavy atom. The summed E-state index contributed by atoms with van der Waals surface area (Å²) in [5, 5.41) is 14.1. The van der Waals surface area contributed by atoms with Crippen molar-refractivity contribution in [1.82, 2.24) is 24.2 Å². The van der Waals surface area contributed by atoms with Gasteiger partial charge in [0.2, 0.25) is 11.5 Å². The first-order valence-corrected chi connectivity index (χ1v) is 11.9. The Kier molecular flexibility index (Phi) is 6.20. The van der Waals surface area contributed by atoms with Crippen molar-refractivity contribution >= 4 is 45.9 Å². The van der Waals surface area contributed by atoms with E-state index in [4.69, 9.17) is 23.2 Å². The molecular formula is C24H23Cl2N5O3. The van der Waals surface area contributed by atoms with E-state index in [-0.39, 0.29) is 12.2 Å². The lowest BCUT2D eigenvalue weighted by Gasteiger charge is -2.15. The van der Waals surface area contributed by atoms with E-state index in [0.29, 0.717) is 27.9 Å². The highest BCUT2D eigenvalue weighted by atomic mass is 35.5. The van der Waals surface area contributed by atoms with Crippen LogP contribution in [0.2, 0.25) is 10.0 Å². The first-order chi connectivity index (χ1) is 16.4. The van der Waals surface area contributed by atoms with E-state index in [1.54, 1.807) is 24.3 Å². The molecule has 3 heterocycles. The number of para-hydroxylation sites is 2. The molecular weight excluding hydrogens is 477 g/mol. The second kappa shape index (κ2) is 9.29. The summed E-state index contributed by atoms with van der Waals surface area (Å²) in [5.41, 5.74) is 1.18. The summed E-state index contributed by atoms with van der Waals surface area (Å²) in [6, 6.07) is 12.5. The lowest BCUT2D eigenvalue weighted by Crippen LogP contribution is -2.28. The Morgan fingerprint density at radius 1 is 1.03 bits per heavy atom. The summed E-state index contributed by atoms with van der Waals surface area (Å²) >= 11 is 12.0. The quantitative estimate of drug-likeness (QED) is 0.422. The van der Waals surface area contributed by atoms with E-state index in [9.17, 15) is 14.7 Å². The van der Waals surface area contributed by atoms with Gasteiger partial charge in [-0.15, -0.1) is 0 Å². The van der Waals surface area contributed by atoms with Crippen LogP contribution >= 0.6 is 23.2 Å². The molecule has 1 aliphatic heterocycles. The maximum Gasteiger partial charge on any atom is 0.302 e. The van der Waals surface area contributed by atoms with E-state index in [1.165, 1.54) is 17.2 Å². The number of rotatable bonds is 6. The van der Waals surface area contributed by atoms with Gasteiger partial charge in [-0.2, -0.15) is 0 Å². The van der Waals surface area contributed by atoms with Crippen molar-refractivity contribution in [3.63, 3.8) is 0 Å². The fourth-order valence-electron chi connectivity index (χ4n) is 4.43. The van der Waals surface area contributed by atoms with Gasteiger partial charge in [-0.3, -0.25) is 9.59 Å². The van der Waals surface area contributed by atoms with Gasteiger partial charge in [0, 0.05) is 19.6 Å². The summed E-state index contributed by atoms with van der Waals surface area (Å²) in [4.78, 5) is 32.9. The Hall–Kier alpha value is -3.07. The van der Waals surface area contributed by atoms with E-state index in [1.807, 2.05) is 22.8 Å².